The van der Waals surface area contributed by atoms with Gasteiger partial charge in [0.1, 0.15) is 5.82 Å². The molecule has 0 N–H and O–H groups in total. The van der Waals surface area contributed by atoms with Gasteiger partial charge >= 0.3 is 0 Å². The predicted molar refractivity (Wildman–Crippen MR) is 67.3 cm³/mol. The molecule has 0 amide bonds. The summed E-state index contributed by atoms with van der Waals surface area (Å²) in [6.45, 7) is 0. The molecule has 5 heteroatoms. The highest BCUT2D eigenvalue weighted by Crippen LogP contribution is 2.17. The molecule has 0 spiro atoms. The van der Waals surface area contributed by atoms with Gasteiger partial charge < -0.3 is 0 Å². The molecule has 0 saturated heterocycles. The third-order valence-electron chi connectivity index (χ3n) is 2.77. The Kier molecular flexibility index (Phi) is 3.77. The van der Waals surface area contributed by atoms with Crippen LogP contribution in [0.15, 0.2) is 30.5 Å². The second kappa shape index (κ2) is 5.31. The van der Waals surface area contributed by atoms with Crippen LogP contribution >= 0.6 is 11.6 Å². The first-order valence-electron chi connectivity index (χ1n) is 5.53. The van der Waals surface area contributed by atoms with Gasteiger partial charge in [0.25, 0.3) is 0 Å². The van der Waals surface area contributed by atoms with Crippen LogP contribution < -0.4 is 0 Å². The van der Waals surface area contributed by atoms with Crippen LogP contribution in [0, 0.1) is 5.82 Å². The lowest BCUT2D eigenvalue weighted by Gasteiger charge is -2.03. The molecule has 1 aromatic carbocycles. The summed E-state index contributed by atoms with van der Waals surface area (Å²) < 4.78 is 14.9. The van der Waals surface area contributed by atoms with Crippen molar-refractivity contribution in [1.29, 1.82) is 0 Å². The quantitative estimate of drug-likeness (QED) is 0.798. The number of ketones is 1. The number of aryl methyl sites for hydroxylation is 2. The standard InChI is InChI=1S/C13H12ClFN2O/c1-17-10(6-7-16-17)3-5-13(18)9-2-4-11(14)12(15)8-9/h2,4,6-8H,3,5H2,1H3. The van der Waals surface area contributed by atoms with Crippen molar-refractivity contribution in [3.05, 3.63) is 52.6 Å². The summed E-state index contributed by atoms with van der Waals surface area (Å²) in [5.41, 5.74) is 1.32. The molecular weight excluding hydrogens is 255 g/mol. The molecule has 0 aliphatic rings. The van der Waals surface area contributed by atoms with Crippen LogP contribution in [-0.2, 0) is 13.5 Å². The van der Waals surface area contributed by atoms with Crippen molar-refractivity contribution in [2.45, 2.75) is 12.8 Å². The van der Waals surface area contributed by atoms with Crippen molar-refractivity contribution in [2.24, 2.45) is 7.05 Å². The maximum Gasteiger partial charge on any atom is 0.163 e. The van der Waals surface area contributed by atoms with Crippen LogP contribution in [0.25, 0.3) is 0 Å². The highest BCUT2D eigenvalue weighted by Gasteiger charge is 2.10. The van der Waals surface area contributed by atoms with Crippen molar-refractivity contribution in [2.75, 3.05) is 0 Å². The van der Waals surface area contributed by atoms with E-state index >= 15 is 0 Å². The van der Waals surface area contributed by atoms with E-state index in [1.165, 1.54) is 18.2 Å². The first kappa shape index (κ1) is 12.8. The maximum atomic E-state index is 13.2. The van der Waals surface area contributed by atoms with Gasteiger partial charge in [0.05, 0.1) is 5.02 Å². The predicted octanol–water partition coefficient (Wildman–Crippen LogP) is 3.03. The first-order chi connectivity index (χ1) is 8.58. The minimum Gasteiger partial charge on any atom is -0.294 e. The number of rotatable bonds is 4. The van der Waals surface area contributed by atoms with Gasteiger partial charge in [-0.15, -0.1) is 0 Å². The lowest BCUT2D eigenvalue weighted by Crippen LogP contribution is -2.05. The van der Waals surface area contributed by atoms with Crippen LogP contribution in [0.1, 0.15) is 22.5 Å². The van der Waals surface area contributed by atoms with Crippen molar-refractivity contribution in [1.82, 2.24) is 9.78 Å². The van der Waals surface area contributed by atoms with E-state index in [4.69, 9.17) is 11.6 Å². The van der Waals surface area contributed by atoms with Crippen molar-refractivity contribution in [3.8, 4) is 0 Å². The summed E-state index contributed by atoms with van der Waals surface area (Å²) in [6.07, 6.45) is 2.59. The Morgan fingerprint density at radius 2 is 2.22 bits per heavy atom. The third kappa shape index (κ3) is 2.76. The Hall–Kier alpha value is -1.68. The summed E-state index contributed by atoms with van der Waals surface area (Å²) in [5.74, 6) is -0.671. The van der Waals surface area contributed by atoms with E-state index < -0.39 is 5.82 Å². The summed E-state index contributed by atoms with van der Waals surface area (Å²) in [6, 6.07) is 5.97. The first-order valence-corrected chi connectivity index (χ1v) is 5.91. The summed E-state index contributed by atoms with van der Waals surface area (Å²) in [7, 11) is 1.82. The van der Waals surface area contributed by atoms with Gasteiger partial charge in [0.2, 0.25) is 0 Å². The smallest absolute Gasteiger partial charge is 0.163 e. The Balaban J connectivity index is 2.04. The molecule has 2 aromatic rings. The normalized spacial score (nSPS) is 10.6. The largest absolute Gasteiger partial charge is 0.294 e. The van der Waals surface area contributed by atoms with E-state index in [-0.39, 0.29) is 10.8 Å². The number of carbonyl (C=O) groups excluding carboxylic acids is 1. The molecular formula is C13H12ClFN2O. The van der Waals surface area contributed by atoms with Crippen molar-refractivity contribution in [3.63, 3.8) is 0 Å². The Labute approximate surface area is 109 Å². The fraction of sp³-hybridized carbons (Fsp3) is 0.231. The minimum absolute atomic E-state index is 0.0261. The van der Waals surface area contributed by atoms with Gasteiger partial charge in [0, 0.05) is 30.9 Å². The second-order valence-electron chi connectivity index (χ2n) is 4.00. The molecule has 94 valence electrons. The topological polar surface area (TPSA) is 34.9 Å². The molecule has 0 atom stereocenters. The number of aromatic nitrogens is 2. The van der Waals surface area contributed by atoms with Crippen LogP contribution in [-0.4, -0.2) is 15.6 Å². The van der Waals surface area contributed by atoms with Gasteiger partial charge in [-0.1, -0.05) is 11.6 Å². The van der Waals surface area contributed by atoms with E-state index in [0.717, 1.165) is 5.69 Å². The molecule has 0 fully saturated rings. The fourth-order valence-corrected chi connectivity index (χ4v) is 1.82. The van der Waals surface area contributed by atoms with Crippen LogP contribution in [0.4, 0.5) is 4.39 Å². The van der Waals surface area contributed by atoms with Crippen LogP contribution in [0.3, 0.4) is 0 Å². The Morgan fingerprint density at radius 1 is 1.44 bits per heavy atom. The van der Waals surface area contributed by atoms with Crippen molar-refractivity contribution >= 4 is 17.4 Å². The maximum absolute atomic E-state index is 13.2. The molecule has 0 aliphatic carbocycles. The minimum atomic E-state index is -0.567. The molecule has 18 heavy (non-hydrogen) atoms. The number of hydrogen-bond donors (Lipinski definition) is 0. The van der Waals surface area contributed by atoms with Crippen molar-refractivity contribution < 1.29 is 9.18 Å². The lowest BCUT2D eigenvalue weighted by atomic mass is 10.1. The summed E-state index contributed by atoms with van der Waals surface area (Å²) in [5, 5.41) is 4.05. The number of hydrogen-bond acceptors (Lipinski definition) is 2. The average molecular weight is 267 g/mol. The second-order valence-corrected chi connectivity index (χ2v) is 4.41. The molecule has 0 saturated carbocycles. The van der Waals surface area contributed by atoms with E-state index in [1.54, 1.807) is 10.9 Å². The number of Topliss-reactive ketones (excluding diaryl/α,β-unsaturated/α-hetero) is 1. The zero-order valence-electron chi connectivity index (χ0n) is 9.86. The van der Waals surface area contributed by atoms with Crippen LogP contribution in [0.2, 0.25) is 5.02 Å². The highest BCUT2D eigenvalue weighted by molar-refractivity contribution is 6.30. The Bertz CT molecular complexity index is 580. The summed E-state index contributed by atoms with van der Waals surface area (Å²) >= 11 is 5.57. The fourth-order valence-electron chi connectivity index (χ4n) is 1.70. The SMILES string of the molecule is Cn1nccc1CCC(=O)c1ccc(Cl)c(F)c1. The van der Waals surface area contributed by atoms with Gasteiger partial charge in [-0.2, -0.15) is 5.10 Å². The molecule has 0 aliphatic heterocycles. The molecule has 0 radical (unpaired) electrons. The monoisotopic (exact) mass is 266 g/mol. The Morgan fingerprint density at radius 3 is 2.83 bits per heavy atom. The van der Waals surface area contributed by atoms with Gasteiger partial charge in [-0.25, -0.2) is 4.39 Å². The number of nitrogens with zero attached hydrogens (tertiary/aromatic N) is 2. The van der Waals surface area contributed by atoms with E-state index in [1.807, 2.05) is 13.1 Å². The van der Waals surface area contributed by atoms with Gasteiger partial charge in [-0.05, 0) is 30.7 Å². The summed E-state index contributed by atoms with van der Waals surface area (Å²) in [4.78, 5) is 11.9. The number of carbonyl (C=O) groups is 1. The number of halogens is 2. The average Bonchev–Trinajstić information content (AvgIpc) is 2.75. The van der Waals surface area contributed by atoms with E-state index in [9.17, 15) is 9.18 Å². The molecule has 1 aromatic heterocycles. The molecule has 0 bridgehead atoms. The lowest BCUT2D eigenvalue weighted by molar-refractivity contribution is 0.0982. The molecule has 1 heterocycles. The van der Waals surface area contributed by atoms with Gasteiger partial charge in [0.15, 0.2) is 5.78 Å². The molecule has 2 rings (SSSR count). The highest BCUT2D eigenvalue weighted by atomic mass is 35.5. The third-order valence-corrected chi connectivity index (χ3v) is 3.08. The van der Waals surface area contributed by atoms with Crippen LogP contribution in [0.5, 0.6) is 0 Å². The molecule has 3 nitrogen and oxygen atoms in total. The van der Waals surface area contributed by atoms with E-state index in [0.29, 0.717) is 18.4 Å². The number of benzene rings is 1. The molecule has 0 unspecified atom stereocenters. The van der Waals surface area contributed by atoms with E-state index in [2.05, 4.69) is 5.10 Å². The van der Waals surface area contributed by atoms with Gasteiger partial charge in [-0.3, -0.25) is 9.48 Å². The zero-order chi connectivity index (χ0) is 13.1. The zero-order valence-corrected chi connectivity index (χ0v) is 10.6.